The molecule has 3 N–H and O–H groups in total. The Morgan fingerprint density at radius 2 is 1.94 bits per heavy atom. The van der Waals surface area contributed by atoms with Gasteiger partial charge in [-0.15, -0.1) is 0 Å². The molecule has 5 atom stereocenters. The highest BCUT2D eigenvalue weighted by atomic mass is 16.5. The molecule has 0 radical (unpaired) electrons. The van der Waals surface area contributed by atoms with Crippen molar-refractivity contribution in [3.8, 4) is 0 Å². The summed E-state index contributed by atoms with van der Waals surface area (Å²) in [5.74, 6) is -4.88. The summed E-state index contributed by atoms with van der Waals surface area (Å²) >= 11 is 0. The van der Waals surface area contributed by atoms with Crippen LogP contribution in [0.4, 0.5) is 0 Å². The lowest BCUT2D eigenvalue weighted by molar-refractivity contribution is -0.156. The first-order chi connectivity index (χ1) is 15.7. The second kappa shape index (κ2) is 10.6. The van der Waals surface area contributed by atoms with Crippen LogP contribution in [-0.2, 0) is 30.3 Å². The van der Waals surface area contributed by atoms with Crippen LogP contribution in [0.25, 0.3) is 0 Å². The SMILES string of the molecule is [3H][C@@]1(C(=O)O)C[C@@H]2CCC[C@@H]2N1C(=O)[C@@H](N[C@@H](CCc1ccccc1)C(=O)OCC)C(=O)O. The van der Waals surface area contributed by atoms with Crippen molar-refractivity contribution in [2.45, 2.75) is 69.6 Å². The van der Waals surface area contributed by atoms with E-state index in [0.717, 1.165) is 16.9 Å². The number of esters is 1. The van der Waals surface area contributed by atoms with Gasteiger partial charge in [-0.1, -0.05) is 36.8 Å². The number of benzene rings is 1. The van der Waals surface area contributed by atoms with E-state index in [9.17, 15) is 29.4 Å². The van der Waals surface area contributed by atoms with Gasteiger partial charge < -0.3 is 19.8 Å². The number of nitrogens with one attached hydrogen (secondary N) is 1. The number of carbonyl (C=O) groups excluding carboxylic acids is 2. The van der Waals surface area contributed by atoms with Gasteiger partial charge in [0.15, 0.2) is 6.04 Å². The van der Waals surface area contributed by atoms with Gasteiger partial charge in [-0.25, -0.2) is 9.59 Å². The largest absolute Gasteiger partial charge is 0.480 e. The molecule has 2 fully saturated rings. The average Bonchev–Trinajstić information content (AvgIpc) is 3.32. The third kappa shape index (κ3) is 5.27. The Labute approximate surface area is 188 Å². The lowest BCUT2D eigenvalue weighted by Crippen LogP contribution is -2.59. The predicted molar refractivity (Wildman–Crippen MR) is 114 cm³/mol. The monoisotopic (exact) mass is 448 g/mol. The molecule has 0 bridgehead atoms. The molecular weight excluding hydrogens is 416 g/mol. The van der Waals surface area contributed by atoms with Gasteiger partial charge in [-0.05, 0) is 50.5 Å². The number of fused-ring (bicyclic) bond motifs is 1. The molecule has 1 heterocycles. The summed E-state index contributed by atoms with van der Waals surface area (Å²) in [6.45, 7) is 1.70. The molecule has 32 heavy (non-hydrogen) atoms. The Kier molecular flexibility index (Phi) is 7.36. The van der Waals surface area contributed by atoms with Crippen LogP contribution in [0, 0.1) is 5.92 Å². The highest BCUT2D eigenvalue weighted by molar-refractivity contribution is 6.03. The smallest absolute Gasteiger partial charge is 0.330 e. The number of nitrogens with zero attached hydrogens (tertiary/aromatic N) is 1. The Morgan fingerprint density at radius 1 is 1.22 bits per heavy atom. The zero-order chi connectivity index (χ0) is 24.2. The van der Waals surface area contributed by atoms with Crippen molar-refractivity contribution in [3.63, 3.8) is 0 Å². The molecule has 1 aliphatic heterocycles. The number of carboxylic acids is 2. The Morgan fingerprint density at radius 3 is 2.56 bits per heavy atom. The summed E-state index contributed by atoms with van der Waals surface area (Å²) in [4.78, 5) is 50.9. The minimum atomic E-state index is -2.23. The highest BCUT2D eigenvalue weighted by Gasteiger charge is 2.51. The van der Waals surface area contributed by atoms with Gasteiger partial charge in [-0.3, -0.25) is 14.9 Å². The Hall–Kier alpha value is -2.94. The summed E-state index contributed by atoms with van der Waals surface area (Å²) < 4.78 is 13.6. The van der Waals surface area contributed by atoms with Gasteiger partial charge in [0.2, 0.25) is 0 Å². The summed E-state index contributed by atoms with van der Waals surface area (Å²) in [6.07, 6.45) is 2.56. The van der Waals surface area contributed by atoms with Crippen molar-refractivity contribution in [1.82, 2.24) is 10.2 Å². The van der Waals surface area contributed by atoms with Crippen molar-refractivity contribution in [1.29, 1.82) is 0 Å². The third-order valence-corrected chi connectivity index (χ3v) is 6.18. The predicted octanol–water partition coefficient (Wildman–Crippen LogP) is 1.45. The second-order valence-electron chi connectivity index (χ2n) is 8.19. The van der Waals surface area contributed by atoms with Crippen LogP contribution >= 0.6 is 0 Å². The lowest BCUT2D eigenvalue weighted by Gasteiger charge is -2.31. The van der Waals surface area contributed by atoms with Crippen LogP contribution in [0.1, 0.15) is 46.0 Å². The van der Waals surface area contributed by atoms with Gasteiger partial charge in [0.25, 0.3) is 5.91 Å². The number of aryl methyl sites for hydroxylation is 1. The van der Waals surface area contributed by atoms with Crippen molar-refractivity contribution in [3.05, 3.63) is 35.9 Å². The molecule has 1 saturated heterocycles. The van der Waals surface area contributed by atoms with Crippen molar-refractivity contribution in [2.75, 3.05) is 6.61 Å². The van der Waals surface area contributed by atoms with Crippen LogP contribution < -0.4 is 5.32 Å². The minimum Gasteiger partial charge on any atom is -0.480 e. The topological polar surface area (TPSA) is 133 Å². The normalized spacial score (nSPS) is 26.7. The molecule has 9 nitrogen and oxygen atoms in total. The number of ether oxygens (including phenoxy) is 1. The fourth-order valence-corrected chi connectivity index (χ4v) is 4.69. The van der Waals surface area contributed by atoms with Crippen LogP contribution in [0.15, 0.2) is 30.3 Å². The number of aliphatic carboxylic acids is 2. The van der Waals surface area contributed by atoms with Crippen LogP contribution in [-0.4, -0.2) is 69.7 Å². The summed E-state index contributed by atoms with van der Waals surface area (Å²) in [6, 6.07) is 3.58. The fraction of sp³-hybridized carbons (Fsp3) is 0.565. The first-order valence-electron chi connectivity index (χ1n) is 11.4. The molecule has 1 amide bonds. The van der Waals surface area contributed by atoms with Crippen LogP contribution in [0.3, 0.4) is 0 Å². The summed E-state index contributed by atoms with van der Waals surface area (Å²) in [5.41, 5.74) is 0.927. The summed E-state index contributed by atoms with van der Waals surface area (Å²) in [7, 11) is 0. The van der Waals surface area contributed by atoms with Crippen LogP contribution in [0.2, 0.25) is 0 Å². The molecule has 1 aromatic carbocycles. The number of hydrogen-bond donors (Lipinski definition) is 3. The second-order valence-corrected chi connectivity index (χ2v) is 8.19. The maximum atomic E-state index is 13.4. The molecule has 0 unspecified atom stereocenters. The minimum absolute atomic E-state index is 0.0413. The van der Waals surface area contributed by atoms with Crippen molar-refractivity contribution < 1.29 is 35.5 Å². The molecule has 2 aliphatic rings. The van der Waals surface area contributed by atoms with Crippen molar-refractivity contribution >= 4 is 23.8 Å². The molecule has 1 aliphatic carbocycles. The Balaban J connectivity index is 1.83. The van der Waals surface area contributed by atoms with E-state index >= 15 is 0 Å². The standard InChI is InChI=1S/C23H30N2O7/c1-2-32-23(31)16(12-11-14-7-4-3-5-8-14)24-19(22(29)30)20(26)25-17-10-6-9-15(17)13-18(25)21(27)28/h3-5,7-8,15-19,24H,2,6,9-13H2,1H3,(H,27,28)(H,29,30)/t15-,16-,17-,18-,19+/m0/s1/i18T. The average molecular weight is 449 g/mol. The van der Waals surface area contributed by atoms with Crippen LogP contribution in [0.5, 0.6) is 0 Å². The van der Waals surface area contributed by atoms with E-state index in [1.807, 2.05) is 30.3 Å². The zero-order valence-electron chi connectivity index (χ0n) is 19.0. The molecule has 1 saturated carbocycles. The number of carboxylic acid groups (broad SMARTS) is 2. The third-order valence-electron chi connectivity index (χ3n) is 6.18. The van der Waals surface area contributed by atoms with E-state index in [0.29, 0.717) is 19.3 Å². The number of hydrogen-bond acceptors (Lipinski definition) is 6. The fourth-order valence-electron chi connectivity index (χ4n) is 4.69. The van der Waals surface area contributed by atoms with Gasteiger partial charge in [0.1, 0.15) is 12.1 Å². The van der Waals surface area contributed by atoms with E-state index in [4.69, 9.17) is 6.11 Å². The maximum Gasteiger partial charge on any atom is 0.330 e. The van der Waals surface area contributed by atoms with Crippen molar-refractivity contribution in [2.24, 2.45) is 5.92 Å². The highest BCUT2D eigenvalue weighted by Crippen LogP contribution is 2.41. The number of rotatable bonds is 10. The molecule has 174 valence electrons. The molecular formula is C23H30N2O7. The van der Waals surface area contributed by atoms with E-state index < -0.39 is 48.0 Å². The van der Waals surface area contributed by atoms with E-state index in [1.165, 1.54) is 0 Å². The molecule has 1 aromatic rings. The van der Waals surface area contributed by atoms with Gasteiger partial charge in [0, 0.05) is 6.04 Å². The molecule has 9 heteroatoms. The Bertz CT molecular complexity index is 896. The van der Waals surface area contributed by atoms with E-state index in [1.54, 1.807) is 6.92 Å². The maximum absolute atomic E-state index is 13.4. The lowest BCUT2D eigenvalue weighted by atomic mass is 10.0. The molecule has 3 rings (SSSR count). The quantitative estimate of drug-likeness (QED) is 0.362. The number of amides is 1. The number of carbonyl (C=O) groups is 4. The molecule has 0 aromatic heterocycles. The summed E-state index contributed by atoms with van der Waals surface area (Å²) in [5, 5.41) is 22.1. The first-order valence-corrected chi connectivity index (χ1v) is 10.9. The van der Waals surface area contributed by atoms with E-state index in [-0.39, 0.29) is 25.4 Å². The first kappa shape index (κ1) is 22.3. The van der Waals surface area contributed by atoms with Gasteiger partial charge in [0.05, 0.1) is 7.98 Å². The molecule has 0 spiro atoms. The van der Waals surface area contributed by atoms with E-state index in [2.05, 4.69) is 5.32 Å². The van der Waals surface area contributed by atoms with Gasteiger partial charge >= 0.3 is 17.9 Å². The number of likely N-dealkylation sites (tertiary alicyclic amines) is 1. The zero-order valence-corrected chi connectivity index (χ0v) is 18.0. The van der Waals surface area contributed by atoms with Gasteiger partial charge in [-0.2, -0.15) is 0 Å².